The van der Waals surface area contributed by atoms with Crippen LogP contribution in [0.3, 0.4) is 0 Å². The molecule has 1 N–H and O–H groups in total. The van der Waals surface area contributed by atoms with Crippen molar-refractivity contribution in [2.75, 3.05) is 0 Å². The van der Waals surface area contributed by atoms with Crippen molar-refractivity contribution in [1.82, 2.24) is 0 Å². The first-order chi connectivity index (χ1) is 13.2. The molecule has 1 nitrogen and oxygen atoms in total. The lowest BCUT2D eigenvalue weighted by molar-refractivity contribution is 0.598. The van der Waals surface area contributed by atoms with Gasteiger partial charge in [0.1, 0.15) is 6.87 Å². The van der Waals surface area contributed by atoms with Crippen LogP contribution in [0.5, 0.6) is 0 Å². The summed E-state index contributed by atoms with van der Waals surface area (Å²) in [7, 11) is -9.27. The van der Waals surface area contributed by atoms with Gasteiger partial charge >= 0.3 is 0 Å². The minimum atomic E-state index is -2.54. The zero-order valence-electron chi connectivity index (χ0n) is 26.4. The molecule has 0 aliphatic heterocycles. The van der Waals surface area contributed by atoms with Crippen molar-refractivity contribution in [2.24, 2.45) is 0 Å². The molecule has 0 aliphatic carbocycles. The molecule has 0 fully saturated rings. The third-order valence-electron chi connectivity index (χ3n) is 11.2. The van der Waals surface area contributed by atoms with Crippen LogP contribution in [0.4, 0.5) is 0 Å². The van der Waals surface area contributed by atoms with Gasteiger partial charge in [-0.2, -0.15) is 0 Å². The maximum Gasteiger partial charge on any atom is 0.140 e. The van der Waals surface area contributed by atoms with Gasteiger partial charge in [-0.1, -0.05) is 137 Å². The highest BCUT2D eigenvalue weighted by Crippen LogP contribution is 2.53. The molecule has 0 rings (SSSR count). The van der Waals surface area contributed by atoms with Crippen LogP contribution < -0.4 is 0 Å². The van der Waals surface area contributed by atoms with Crippen LogP contribution in [0.25, 0.3) is 0 Å². The van der Waals surface area contributed by atoms with Gasteiger partial charge in [0, 0.05) is 45.5 Å². The first kappa shape index (κ1) is 34.1. The Morgan fingerprint density at radius 2 is 0.344 bits per heavy atom. The quantitative estimate of drug-likeness (QED) is 0.262. The van der Waals surface area contributed by atoms with E-state index in [1.54, 1.807) is 0 Å². The maximum absolute atomic E-state index is 14.7. The molecule has 0 spiro atoms. The van der Waals surface area contributed by atoms with Crippen molar-refractivity contribution in [3.63, 3.8) is 0 Å². The number of hydrogen-bond acceptors (Lipinski definition) is 1. The van der Waals surface area contributed by atoms with Gasteiger partial charge in [-0.15, -0.1) is 0 Å². The van der Waals surface area contributed by atoms with E-state index in [0.29, 0.717) is 0 Å². The molecular weight excluding hydrogens is 549 g/mol. The summed E-state index contributed by atoms with van der Waals surface area (Å²) in [6, 6.07) is 0. The van der Waals surface area contributed by atoms with Crippen molar-refractivity contribution in [3.8, 4) is 0 Å². The van der Waals surface area contributed by atoms with Crippen LogP contribution in [0.15, 0.2) is 0 Å². The van der Waals surface area contributed by atoms with E-state index in [2.05, 4.69) is 137 Å². The van der Waals surface area contributed by atoms with E-state index in [4.69, 9.17) is 0 Å². The molecule has 0 bridgehead atoms. The van der Waals surface area contributed by atoms with E-state index in [1.807, 2.05) is 0 Å². The topological polar surface area (TPSA) is 20.2 Å². The van der Waals surface area contributed by atoms with E-state index in [-0.39, 0.29) is 0 Å². The standard InChI is InChI=1S/C21H64OSi10/c1-23(2,3)29(19,24(4,5)6)32(22,30(20,25(7,8)9)26(10,11)12)31(21,27(13,14)15)28(16,17)18/h22H,1-21H3. The van der Waals surface area contributed by atoms with Crippen LogP contribution in [0.2, 0.25) is 137 Å². The first-order valence-corrected chi connectivity index (χ1v) is 52.4. The predicted molar refractivity (Wildman–Crippen MR) is 183 cm³/mol. The summed E-state index contributed by atoms with van der Waals surface area (Å²) >= 11 is 0. The largest absolute Gasteiger partial charge is 0.442 e. The molecule has 0 aromatic heterocycles. The minimum Gasteiger partial charge on any atom is -0.442 e. The second kappa shape index (κ2) is 8.86. The molecule has 11 heteroatoms. The van der Waals surface area contributed by atoms with Gasteiger partial charge in [0.05, 0.1) is 19.9 Å². The van der Waals surface area contributed by atoms with Crippen LogP contribution in [0, 0.1) is 0 Å². The van der Waals surface area contributed by atoms with Crippen molar-refractivity contribution in [1.29, 1.82) is 0 Å². The molecule has 194 valence electrons. The average molecular weight is 614 g/mol. The summed E-state index contributed by atoms with van der Waals surface area (Å²) in [4.78, 5) is 14.7. The zero-order chi connectivity index (χ0) is 27.0. The Bertz CT molecular complexity index is 543. The highest BCUT2D eigenvalue weighted by Gasteiger charge is 2.83. The fourth-order valence-electron chi connectivity index (χ4n) is 8.13. The van der Waals surface area contributed by atoms with Crippen molar-refractivity contribution >= 4 is 72.3 Å². The van der Waals surface area contributed by atoms with Crippen molar-refractivity contribution in [2.45, 2.75) is 137 Å². The highest BCUT2D eigenvalue weighted by atomic mass is 30.4. The summed E-state index contributed by atoms with van der Waals surface area (Å²) < 4.78 is 0. The lowest BCUT2D eigenvalue weighted by atomic mass is 11.8. The van der Waals surface area contributed by atoms with Gasteiger partial charge < -0.3 is 4.80 Å². The van der Waals surface area contributed by atoms with E-state index in [9.17, 15) is 4.80 Å². The van der Waals surface area contributed by atoms with E-state index in [1.165, 1.54) is 0 Å². The fraction of sp³-hybridized carbons (Fsp3) is 1.00. The van der Waals surface area contributed by atoms with Gasteiger partial charge in [0.15, 0.2) is 0 Å². The second-order valence-electron chi connectivity index (χ2n) is 17.6. The molecule has 0 radical (unpaired) electrons. The van der Waals surface area contributed by atoms with Crippen molar-refractivity contribution < 1.29 is 4.80 Å². The molecule has 0 heterocycles. The summed E-state index contributed by atoms with van der Waals surface area (Å²) in [5.74, 6) is 0. The van der Waals surface area contributed by atoms with E-state index in [0.717, 1.165) is 0 Å². The minimum absolute atomic E-state index is 1.55. The average Bonchev–Trinajstić information content (AvgIpc) is 2.44. The van der Waals surface area contributed by atoms with Crippen molar-refractivity contribution in [3.05, 3.63) is 0 Å². The smallest absolute Gasteiger partial charge is 0.140 e. The van der Waals surface area contributed by atoms with Crippen LogP contribution >= 0.6 is 0 Å². The SMILES string of the molecule is C[Si](C)(C)[Si](C)([Si](C)(C)C)[Si](O)([Si](C)([Si](C)(C)C)[Si](C)(C)C)[Si](C)([Si](C)(C)C)[Si](C)(C)C. The van der Waals surface area contributed by atoms with Crippen LogP contribution in [-0.2, 0) is 0 Å². The molecule has 0 amide bonds. The van der Waals surface area contributed by atoms with Crippen LogP contribution in [-0.4, -0.2) is 77.1 Å². The predicted octanol–water partition coefficient (Wildman–Crippen LogP) is 7.89. The molecule has 0 saturated heterocycles. The second-order valence-corrected chi connectivity index (χ2v) is 131. The normalized spacial score (nSPS) is 17.1. The third kappa shape index (κ3) is 4.51. The van der Waals surface area contributed by atoms with Gasteiger partial charge in [0.25, 0.3) is 0 Å². The Kier molecular flexibility index (Phi) is 9.45. The zero-order valence-corrected chi connectivity index (χ0v) is 36.4. The molecule has 0 unspecified atom stereocenters. The van der Waals surface area contributed by atoms with Gasteiger partial charge in [0.2, 0.25) is 0 Å². The number of hydrogen-bond donors (Lipinski definition) is 1. The third-order valence-corrected chi connectivity index (χ3v) is 255. The van der Waals surface area contributed by atoms with E-state index >= 15 is 0 Å². The molecule has 0 atom stereocenters. The molecule has 0 aromatic carbocycles. The molecule has 0 aromatic rings. The van der Waals surface area contributed by atoms with E-state index < -0.39 is 72.3 Å². The highest BCUT2D eigenvalue weighted by molar-refractivity contribution is 8.25. The Morgan fingerprint density at radius 3 is 0.406 bits per heavy atom. The van der Waals surface area contributed by atoms with Gasteiger partial charge in [-0.3, -0.25) is 0 Å². The Morgan fingerprint density at radius 1 is 0.250 bits per heavy atom. The Hall–Kier alpha value is 2.13. The van der Waals surface area contributed by atoms with Crippen LogP contribution in [0.1, 0.15) is 0 Å². The molecule has 32 heavy (non-hydrogen) atoms. The monoisotopic (exact) mass is 612 g/mol. The summed E-state index contributed by atoms with van der Waals surface area (Å²) in [5, 5.41) is 0. The summed E-state index contributed by atoms with van der Waals surface area (Å²) in [6.07, 6.45) is 0. The summed E-state index contributed by atoms with van der Waals surface area (Å²) in [5.41, 5.74) is 0. The Balaban J connectivity index is 8.69. The fourth-order valence-corrected chi connectivity index (χ4v) is 463. The van der Waals surface area contributed by atoms with Gasteiger partial charge in [-0.25, -0.2) is 0 Å². The molecular formula is C21H64OSi10. The molecule has 0 saturated carbocycles. The number of rotatable bonds is 9. The maximum atomic E-state index is 14.7. The van der Waals surface area contributed by atoms with Gasteiger partial charge in [-0.05, 0) is 0 Å². The lowest BCUT2D eigenvalue weighted by Crippen LogP contribution is -3.08. The molecule has 0 aliphatic rings. The first-order valence-electron chi connectivity index (χ1n) is 13.0. The summed E-state index contributed by atoms with van der Waals surface area (Å²) in [6.45, 7) is 49.5. The Labute approximate surface area is 213 Å². The lowest BCUT2D eigenvalue weighted by Gasteiger charge is -2.74.